The van der Waals surface area contributed by atoms with Gasteiger partial charge < -0.3 is 15.3 Å². The minimum Gasteiger partial charge on any atom is -0.395 e. The average molecular weight is 248 g/mol. The Morgan fingerprint density at radius 1 is 1.12 bits per heavy atom. The third-order valence-electron chi connectivity index (χ3n) is 2.10. The highest BCUT2D eigenvalue weighted by Gasteiger charge is 2.16. The van der Waals surface area contributed by atoms with Crippen molar-refractivity contribution in [3.05, 3.63) is 0 Å². The fourth-order valence-corrected chi connectivity index (χ4v) is 1.54. The van der Waals surface area contributed by atoms with Crippen molar-refractivity contribution in [2.24, 2.45) is 0 Å². The van der Waals surface area contributed by atoms with E-state index in [0.29, 0.717) is 6.04 Å². The molecule has 0 aliphatic carbocycles. The molecule has 1 aliphatic rings. The molecule has 0 saturated carbocycles. The Balaban J connectivity index is -0.000000285. The van der Waals surface area contributed by atoms with Gasteiger partial charge in [-0.3, -0.25) is 0 Å². The average Bonchev–Trinajstić information content (AvgIpc) is 2.46. The molecule has 3 nitrogen and oxygen atoms in total. The number of aliphatic hydroxyl groups excluding tert-OH is 1. The molecule has 0 aromatic carbocycles. The van der Waals surface area contributed by atoms with Gasteiger partial charge in [0.2, 0.25) is 0 Å². The number of hydrogen-bond donors (Lipinski definition) is 2. The molecular weight excluding hydrogens is 212 g/mol. The predicted molar refractivity (Wildman–Crippen MR) is 79.7 cm³/mol. The van der Waals surface area contributed by atoms with Crippen LogP contribution in [0.5, 0.6) is 0 Å². The van der Waals surface area contributed by atoms with Gasteiger partial charge in [0.15, 0.2) is 0 Å². The van der Waals surface area contributed by atoms with E-state index in [4.69, 9.17) is 5.11 Å². The molecule has 0 aromatic rings. The minimum atomic E-state index is 0.264. The number of rotatable bonds is 3. The first-order valence-electron chi connectivity index (χ1n) is 7.43. The summed E-state index contributed by atoms with van der Waals surface area (Å²) < 4.78 is 0. The molecule has 1 unspecified atom stereocenters. The van der Waals surface area contributed by atoms with Gasteiger partial charge in [-0.05, 0) is 13.0 Å². The van der Waals surface area contributed by atoms with Crippen LogP contribution in [-0.4, -0.2) is 48.8 Å². The van der Waals surface area contributed by atoms with Crippen molar-refractivity contribution in [2.75, 3.05) is 32.8 Å². The van der Waals surface area contributed by atoms with Crippen LogP contribution in [0.1, 0.15) is 54.9 Å². The fraction of sp³-hybridized carbons (Fsp3) is 1.00. The van der Waals surface area contributed by atoms with Gasteiger partial charge in [-0.1, -0.05) is 48.5 Å². The lowest BCUT2D eigenvalue weighted by Crippen LogP contribution is -2.52. The number of nitrogens with zero attached hydrogens (tertiary/aromatic N) is 1. The maximum absolute atomic E-state index is 8.89. The lowest BCUT2D eigenvalue weighted by molar-refractivity contribution is 0.149. The van der Waals surface area contributed by atoms with Gasteiger partial charge in [-0.2, -0.15) is 0 Å². The monoisotopic (exact) mass is 248 g/mol. The Bertz CT molecular complexity index is 108. The van der Waals surface area contributed by atoms with Gasteiger partial charge >= 0.3 is 0 Å². The third-order valence-corrected chi connectivity index (χ3v) is 2.10. The largest absolute Gasteiger partial charge is 0.395 e. The van der Waals surface area contributed by atoms with Crippen LogP contribution >= 0.6 is 0 Å². The van der Waals surface area contributed by atoms with Crippen LogP contribution in [-0.2, 0) is 0 Å². The second-order valence-electron chi connectivity index (χ2n) is 3.13. The summed E-state index contributed by atoms with van der Waals surface area (Å²) in [6.07, 6.45) is 1.21. The van der Waals surface area contributed by atoms with Crippen LogP contribution in [0.4, 0.5) is 0 Å². The van der Waals surface area contributed by atoms with E-state index >= 15 is 0 Å². The van der Waals surface area contributed by atoms with Crippen molar-refractivity contribution in [1.29, 1.82) is 0 Å². The highest BCUT2D eigenvalue weighted by Crippen LogP contribution is 1.98. The summed E-state index contributed by atoms with van der Waals surface area (Å²) in [5.74, 6) is 0. The van der Waals surface area contributed by atoms with Crippen LogP contribution in [0.15, 0.2) is 0 Å². The molecule has 1 heterocycles. The molecule has 0 spiro atoms. The predicted octanol–water partition coefficient (Wildman–Crippen LogP) is 2.74. The maximum Gasteiger partial charge on any atom is 0.0597 e. The van der Waals surface area contributed by atoms with Gasteiger partial charge in [0.25, 0.3) is 0 Å². The van der Waals surface area contributed by atoms with E-state index in [-0.39, 0.29) is 6.61 Å². The molecule has 0 aromatic heterocycles. The van der Waals surface area contributed by atoms with Gasteiger partial charge in [0.05, 0.1) is 6.61 Å². The molecule has 1 saturated heterocycles. The zero-order valence-corrected chi connectivity index (χ0v) is 13.2. The number of aliphatic hydroxyl groups is 1. The summed E-state index contributed by atoms with van der Waals surface area (Å²) in [5, 5.41) is 12.2. The summed E-state index contributed by atoms with van der Waals surface area (Å²) in [6, 6.07) is 0.301. The first-order valence-corrected chi connectivity index (χ1v) is 7.43. The molecule has 0 amide bonds. The first-order chi connectivity index (χ1) is 8.36. The van der Waals surface area contributed by atoms with Crippen molar-refractivity contribution < 1.29 is 5.11 Å². The minimum absolute atomic E-state index is 0.264. The Hall–Kier alpha value is -0.120. The molecule has 108 valence electrons. The smallest absolute Gasteiger partial charge is 0.0597 e. The van der Waals surface area contributed by atoms with Crippen molar-refractivity contribution in [2.45, 2.75) is 60.9 Å². The van der Waals surface area contributed by atoms with Crippen molar-refractivity contribution in [3.8, 4) is 0 Å². The normalized spacial score (nSPS) is 18.7. The third kappa shape index (κ3) is 13.8. The van der Waals surface area contributed by atoms with Crippen LogP contribution in [0.25, 0.3) is 0 Å². The van der Waals surface area contributed by atoms with Crippen LogP contribution < -0.4 is 5.32 Å². The van der Waals surface area contributed by atoms with E-state index in [1.165, 1.54) is 6.42 Å². The molecule has 17 heavy (non-hydrogen) atoms. The van der Waals surface area contributed by atoms with E-state index in [1.807, 2.05) is 41.5 Å². The van der Waals surface area contributed by atoms with E-state index in [9.17, 15) is 0 Å². The summed E-state index contributed by atoms with van der Waals surface area (Å²) in [7, 11) is 0. The second kappa shape index (κ2) is 21.2. The second-order valence-corrected chi connectivity index (χ2v) is 3.13. The number of hydrogen-bond acceptors (Lipinski definition) is 3. The van der Waals surface area contributed by atoms with Crippen LogP contribution in [0, 0.1) is 0 Å². The van der Waals surface area contributed by atoms with Crippen molar-refractivity contribution in [3.63, 3.8) is 0 Å². The molecule has 1 fully saturated rings. The van der Waals surface area contributed by atoms with Gasteiger partial charge in [-0.25, -0.2) is 0 Å². The fourth-order valence-electron chi connectivity index (χ4n) is 1.54. The summed E-state index contributed by atoms with van der Waals surface area (Å²) >= 11 is 0. The highest BCUT2D eigenvalue weighted by atomic mass is 16.3. The molecule has 1 atom stereocenters. The van der Waals surface area contributed by atoms with Gasteiger partial charge in [0, 0.05) is 25.7 Å². The Morgan fingerprint density at radius 3 is 2.06 bits per heavy atom. The summed E-state index contributed by atoms with van der Waals surface area (Å²) in [4.78, 5) is 2.40. The van der Waals surface area contributed by atoms with Crippen molar-refractivity contribution >= 4 is 0 Å². The molecule has 2 N–H and O–H groups in total. The molecule has 0 bridgehead atoms. The molecule has 1 rings (SSSR count). The molecule has 0 radical (unpaired) electrons. The summed E-state index contributed by atoms with van der Waals surface area (Å²) in [5.41, 5.74) is 0. The SMILES string of the molecule is CC.CC.CC.CCCN1CCNC(CO)C1. The van der Waals surface area contributed by atoms with E-state index in [0.717, 1.165) is 26.2 Å². The van der Waals surface area contributed by atoms with E-state index < -0.39 is 0 Å². The van der Waals surface area contributed by atoms with Crippen LogP contribution in [0.2, 0.25) is 0 Å². The summed E-state index contributed by atoms with van der Waals surface area (Å²) in [6.45, 7) is 18.8. The highest BCUT2D eigenvalue weighted by molar-refractivity contribution is 4.77. The van der Waals surface area contributed by atoms with E-state index in [1.54, 1.807) is 0 Å². The molecular formula is C14H36N2O. The molecule has 3 heteroatoms. The maximum atomic E-state index is 8.89. The Kier molecular flexibility index (Phi) is 27.5. The quantitative estimate of drug-likeness (QED) is 0.806. The molecule has 1 aliphatic heterocycles. The number of nitrogens with one attached hydrogen (secondary N) is 1. The Morgan fingerprint density at radius 2 is 1.65 bits per heavy atom. The lowest BCUT2D eigenvalue weighted by atomic mass is 10.2. The number of piperazine rings is 1. The first kappa shape index (κ1) is 22.1. The van der Waals surface area contributed by atoms with Gasteiger partial charge in [0.1, 0.15) is 0 Å². The lowest BCUT2D eigenvalue weighted by Gasteiger charge is -2.32. The van der Waals surface area contributed by atoms with E-state index in [2.05, 4.69) is 17.1 Å². The van der Waals surface area contributed by atoms with Crippen LogP contribution in [0.3, 0.4) is 0 Å². The topological polar surface area (TPSA) is 35.5 Å². The Labute approximate surface area is 110 Å². The standard InChI is InChI=1S/C8H18N2O.3C2H6/c1-2-4-10-5-3-9-8(6-10)7-11;3*1-2/h8-9,11H,2-7H2,1H3;3*1-2H3. The zero-order valence-electron chi connectivity index (χ0n) is 13.2. The van der Waals surface area contributed by atoms with Gasteiger partial charge in [-0.15, -0.1) is 0 Å². The van der Waals surface area contributed by atoms with Crippen molar-refractivity contribution in [1.82, 2.24) is 10.2 Å². The zero-order chi connectivity index (χ0) is 14.1.